The van der Waals surface area contributed by atoms with Gasteiger partial charge in [0, 0.05) is 21.7 Å². The minimum atomic E-state index is 0.544. The number of rotatable bonds is 5. The van der Waals surface area contributed by atoms with E-state index < -0.39 is 0 Å². The van der Waals surface area contributed by atoms with Gasteiger partial charge >= 0.3 is 0 Å². The van der Waals surface area contributed by atoms with Gasteiger partial charge in [-0.15, -0.1) is 11.8 Å². The molecule has 1 nitrogen and oxygen atoms in total. The molecule has 1 aliphatic rings. The predicted molar refractivity (Wildman–Crippen MR) is 95.3 cm³/mol. The Morgan fingerprint density at radius 3 is 2.76 bits per heavy atom. The molecule has 3 rings (SSSR count). The smallest absolute Gasteiger partial charge is 0.0210 e. The molecule has 0 bridgehead atoms. The van der Waals surface area contributed by atoms with Gasteiger partial charge in [0.05, 0.1) is 0 Å². The molecular weight excluding hydrogens is 342 g/mol. The van der Waals surface area contributed by atoms with E-state index in [0.717, 1.165) is 6.54 Å². The van der Waals surface area contributed by atoms with Gasteiger partial charge < -0.3 is 5.32 Å². The zero-order valence-corrected chi connectivity index (χ0v) is 14.6. The zero-order valence-electron chi connectivity index (χ0n) is 12.2. The van der Waals surface area contributed by atoms with Crippen LogP contribution >= 0.6 is 27.7 Å². The Morgan fingerprint density at radius 2 is 1.95 bits per heavy atom. The van der Waals surface area contributed by atoms with Gasteiger partial charge in [-0.2, -0.15) is 0 Å². The maximum atomic E-state index is 3.72. The molecule has 0 aromatic heterocycles. The lowest BCUT2D eigenvalue weighted by molar-refractivity contribution is 0.536. The molecule has 0 spiro atoms. The van der Waals surface area contributed by atoms with Crippen LogP contribution in [0.2, 0.25) is 0 Å². The van der Waals surface area contributed by atoms with Crippen molar-refractivity contribution in [3.05, 3.63) is 64.1 Å². The molecule has 0 aliphatic carbocycles. The van der Waals surface area contributed by atoms with E-state index in [-0.39, 0.29) is 0 Å². The van der Waals surface area contributed by atoms with E-state index in [4.69, 9.17) is 0 Å². The van der Waals surface area contributed by atoms with Crippen LogP contribution < -0.4 is 5.32 Å². The van der Waals surface area contributed by atoms with E-state index in [0.29, 0.717) is 11.8 Å². The van der Waals surface area contributed by atoms with Gasteiger partial charge in [-0.05, 0) is 48.6 Å². The summed E-state index contributed by atoms with van der Waals surface area (Å²) in [5.41, 5.74) is 2.96. The summed E-state index contributed by atoms with van der Waals surface area (Å²) in [5.74, 6) is 2.42. The standard InChI is InChI=1S/C18H20BrNS/c1-20-11-13(15-6-2-4-8-17(15)19)10-14-12-21-18-9-5-3-7-16(14)18/h2-9,13-14,20H,10-12H2,1H3. The normalized spacial score (nSPS) is 18.5. The first-order valence-corrected chi connectivity index (χ1v) is 9.18. The molecule has 110 valence electrons. The molecule has 0 saturated carbocycles. The molecule has 2 aromatic carbocycles. The monoisotopic (exact) mass is 361 g/mol. The van der Waals surface area contributed by atoms with Gasteiger partial charge in [0.15, 0.2) is 0 Å². The van der Waals surface area contributed by atoms with Crippen molar-refractivity contribution in [1.29, 1.82) is 0 Å². The molecule has 1 heterocycles. The van der Waals surface area contributed by atoms with E-state index in [1.807, 2.05) is 18.8 Å². The molecule has 3 heteroatoms. The quantitative estimate of drug-likeness (QED) is 0.801. The summed E-state index contributed by atoms with van der Waals surface area (Å²) in [6, 6.07) is 17.5. The Bertz CT molecular complexity index is 614. The minimum Gasteiger partial charge on any atom is -0.319 e. The lowest BCUT2D eigenvalue weighted by Gasteiger charge is -2.22. The fourth-order valence-electron chi connectivity index (χ4n) is 3.14. The van der Waals surface area contributed by atoms with Gasteiger partial charge in [0.2, 0.25) is 0 Å². The van der Waals surface area contributed by atoms with E-state index in [1.54, 1.807) is 0 Å². The fourth-order valence-corrected chi connectivity index (χ4v) is 5.02. The Hall–Kier alpha value is -0.770. The Kier molecular flexibility index (Phi) is 5.04. The first kappa shape index (κ1) is 15.1. The van der Waals surface area contributed by atoms with Gasteiger partial charge in [-0.3, -0.25) is 0 Å². The van der Waals surface area contributed by atoms with Crippen LogP contribution in [-0.2, 0) is 0 Å². The number of nitrogens with one attached hydrogen (secondary N) is 1. The topological polar surface area (TPSA) is 12.0 Å². The second-order valence-corrected chi connectivity index (χ2v) is 7.47. The third kappa shape index (κ3) is 3.36. The van der Waals surface area contributed by atoms with Crippen LogP contribution in [-0.4, -0.2) is 19.3 Å². The fraction of sp³-hybridized carbons (Fsp3) is 0.333. The number of hydrogen-bond acceptors (Lipinski definition) is 2. The maximum absolute atomic E-state index is 3.72. The van der Waals surface area contributed by atoms with Crippen molar-refractivity contribution >= 4 is 27.7 Å². The van der Waals surface area contributed by atoms with Gasteiger partial charge in [-0.1, -0.05) is 52.3 Å². The number of likely N-dealkylation sites (N-methyl/N-ethyl adjacent to an activating group) is 1. The second kappa shape index (κ2) is 6.99. The number of thioether (sulfide) groups is 1. The van der Waals surface area contributed by atoms with Crippen LogP contribution in [0.3, 0.4) is 0 Å². The highest BCUT2D eigenvalue weighted by Crippen LogP contribution is 2.44. The van der Waals surface area contributed by atoms with Crippen molar-refractivity contribution in [2.24, 2.45) is 0 Å². The zero-order chi connectivity index (χ0) is 14.7. The minimum absolute atomic E-state index is 0.544. The Labute approximate surface area is 139 Å². The summed E-state index contributed by atoms with van der Waals surface area (Å²) in [4.78, 5) is 1.47. The second-order valence-electron chi connectivity index (χ2n) is 5.56. The maximum Gasteiger partial charge on any atom is 0.0210 e. The molecule has 1 N–H and O–H groups in total. The number of hydrogen-bond donors (Lipinski definition) is 1. The molecule has 0 radical (unpaired) electrons. The van der Waals surface area contributed by atoms with Crippen LogP contribution in [0.15, 0.2) is 57.9 Å². The third-order valence-corrected chi connectivity index (χ3v) is 6.14. The highest BCUT2D eigenvalue weighted by molar-refractivity contribution is 9.10. The molecule has 0 saturated heterocycles. The van der Waals surface area contributed by atoms with Crippen molar-refractivity contribution in [2.45, 2.75) is 23.2 Å². The van der Waals surface area contributed by atoms with Crippen LogP contribution in [0.25, 0.3) is 0 Å². The van der Waals surface area contributed by atoms with Crippen molar-refractivity contribution in [3.63, 3.8) is 0 Å². The number of halogens is 1. The SMILES string of the molecule is CNCC(CC1CSc2ccccc21)c1ccccc1Br. The number of fused-ring (bicyclic) bond motifs is 1. The molecule has 1 aliphatic heterocycles. The first-order valence-electron chi connectivity index (χ1n) is 7.40. The summed E-state index contributed by atoms with van der Waals surface area (Å²) < 4.78 is 1.23. The highest BCUT2D eigenvalue weighted by Gasteiger charge is 2.26. The molecular formula is C18H20BrNS. The summed E-state index contributed by atoms with van der Waals surface area (Å²) in [7, 11) is 2.04. The Balaban J connectivity index is 1.82. The summed E-state index contributed by atoms with van der Waals surface area (Å²) in [6.45, 7) is 1.02. The average Bonchev–Trinajstić information content (AvgIpc) is 2.91. The van der Waals surface area contributed by atoms with Crippen molar-refractivity contribution < 1.29 is 0 Å². The van der Waals surface area contributed by atoms with Crippen LogP contribution in [0, 0.1) is 0 Å². The molecule has 21 heavy (non-hydrogen) atoms. The van der Waals surface area contributed by atoms with Crippen LogP contribution in [0.4, 0.5) is 0 Å². The highest BCUT2D eigenvalue weighted by atomic mass is 79.9. The average molecular weight is 362 g/mol. The van der Waals surface area contributed by atoms with E-state index >= 15 is 0 Å². The largest absolute Gasteiger partial charge is 0.319 e. The van der Waals surface area contributed by atoms with E-state index in [2.05, 4.69) is 69.8 Å². The third-order valence-electron chi connectivity index (χ3n) is 4.16. The molecule has 0 amide bonds. The predicted octanol–water partition coefficient (Wildman–Crippen LogP) is 5.03. The van der Waals surface area contributed by atoms with Crippen molar-refractivity contribution in [3.8, 4) is 0 Å². The molecule has 2 aromatic rings. The van der Waals surface area contributed by atoms with Gasteiger partial charge in [0.25, 0.3) is 0 Å². The number of benzene rings is 2. The lowest BCUT2D eigenvalue weighted by Crippen LogP contribution is -2.20. The molecule has 2 atom stereocenters. The van der Waals surface area contributed by atoms with Crippen molar-refractivity contribution in [2.75, 3.05) is 19.3 Å². The summed E-state index contributed by atoms with van der Waals surface area (Å²) in [6.07, 6.45) is 1.20. The summed E-state index contributed by atoms with van der Waals surface area (Å²) in [5, 5.41) is 3.36. The van der Waals surface area contributed by atoms with E-state index in [1.165, 1.54) is 32.7 Å². The van der Waals surface area contributed by atoms with E-state index in [9.17, 15) is 0 Å². The van der Waals surface area contributed by atoms with Crippen LogP contribution in [0.1, 0.15) is 29.4 Å². The lowest BCUT2D eigenvalue weighted by atomic mass is 9.86. The van der Waals surface area contributed by atoms with Crippen LogP contribution in [0.5, 0.6) is 0 Å². The Morgan fingerprint density at radius 1 is 1.19 bits per heavy atom. The molecule has 0 fully saturated rings. The van der Waals surface area contributed by atoms with Crippen molar-refractivity contribution in [1.82, 2.24) is 5.32 Å². The molecule has 2 unspecified atom stereocenters. The first-order chi connectivity index (χ1) is 10.3. The summed E-state index contributed by atoms with van der Waals surface area (Å²) >= 11 is 5.72. The van der Waals surface area contributed by atoms with Gasteiger partial charge in [0.1, 0.15) is 0 Å². The van der Waals surface area contributed by atoms with Gasteiger partial charge in [-0.25, -0.2) is 0 Å².